The van der Waals surface area contributed by atoms with E-state index in [9.17, 15) is 9.59 Å². The van der Waals surface area contributed by atoms with Crippen LogP contribution in [0.15, 0.2) is 61.3 Å². The zero-order valence-electron chi connectivity index (χ0n) is 23.8. The van der Waals surface area contributed by atoms with Gasteiger partial charge in [-0.15, -0.1) is 0 Å². The molecule has 0 aliphatic heterocycles. The van der Waals surface area contributed by atoms with Gasteiger partial charge in [-0.25, -0.2) is 0 Å². The predicted molar refractivity (Wildman–Crippen MR) is 163 cm³/mol. The summed E-state index contributed by atoms with van der Waals surface area (Å²) in [5.74, 6) is -0.0122. The molecule has 0 aliphatic rings. The minimum absolute atomic E-state index is 0.00296. The Hall–Kier alpha value is -3.38. The molecule has 0 radical (unpaired) electrons. The lowest BCUT2D eigenvalue weighted by molar-refractivity contribution is -0.126. The summed E-state index contributed by atoms with van der Waals surface area (Å²) in [5.41, 5.74) is 15.1. The van der Waals surface area contributed by atoms with Crippen LogP contribution in [0.2, 0.25) is 0 Å². The van der Waals surface area contributed by atoms with Crippen molar-refractivity contribution in [1.29, 1.82) is 0 Å². The number of hydrogen-bond donors (Lipinski definition) is 4. The summed E-state index contributed by atoms with van der Waals surface area (Å²) in [7, 11) is 1.50. The number of Topliss-reactive ketones (excluding diaryl/α,β-unsaturated/α-hetero) is 1. The van der Waals surface area contributed by atoms with E-state index in [1.807, 2.05) is 61.7 Å². The number of nitrogens with two attached hydrogens (primary N) is 2. The fourth-order valence-corrected chi connectivity index (χ4v) is 4.21. The number of anilines is 1. The van der Waals surface area contributed by atoms with Crippen LogP contribution in [0.25, 0.3) is 16.5 Å². The van der Waals surface area contributed by atoms with Crippen molar-refractivity contribution in [2.75, 3.05) is 12.8 Å². The molecule has 38 heavy (non-hydrogen) atoms. The molecule has 6 nitrogen and oxygen atoms in total. The lowest BCUT2D eigenvalue weighted by Crippen LogP contribution is -2.41. The Kier molecular flexibility index (Phi) is 16.2. The van der Waals surface area contributed by atoms with Gasteiger partial charge in [0.1, 0.15) is 0 Å². The van der Waals surface area contributed by atoms with Gasteiger partial charge in [0.2, 0.25) is 5.91 Å². The number of rotatable bonds is 13. The van der Waals surface area contributed by atoms with Gasteiger partial charge in [0.05, 0.1) is 6.04 Å². The van der Waals surface area contributed by atoms with E-state index in [1.165, 1.54) is 39.2 Å². The number of carbonyl (C=O) groups is 2. The number of ketones is 1. The third-order valence-electron chi connectivity index (χ3n) is 6.35. The smallest absolute Gasteiger partial charge is 0.220 e. The van der Waals surface area contributed by atoms with Gasteiger partial charge in [0.15, 0.2) is 5.78 Å². The molecule has 1 amide bonds. The number of fused-ring (bicyclic) bond motifs is 1. The van der Waals surface area contributed by atoms with E-state index in [0.717, 1.165) is 46.1 Å². The van der Waals surface area contributed by atoms with Crippen molar-refractivity contribution in [3.8, 4) is 0 Å². The van der Waals surface area contributed by atoms with Crippen LogP contribution < -0.4 is 16.8 Å². The quantitative estimate of drug-likeness (QED) is 0.146. The van der Waals surface area contributed by atoms with Crippen molar-refractivity contribution in [2.24, 2.45) is 5.73 Å². The van der Waals surface area contributed by atoms with Gasteiger partial charge >= 0.3 is 0 Å². The third-order valence-corrected chi connectivity index (χ3v) is 6.35. The number of H-pyrrole nitrogens is 1. The number of unbranched alkanes of at least 4 members (excludes halogenated alkanes) is 6. The number of aromatic nitrogens is 1. The summed E-state index contributed by atoms with van der Waals surface area (Å²) in [5, 5.41) is 4.04. The molecular weight excluding hydrogens is 472 g/mol. The van der Waals surface area contributed by atoms with Crippen LogP contribution in [-0.2, 0) is 16.0 Å². The molecule has 0 bridgehead atoms. The zero-order chi connectivity index (χ0) is 28.3. The molecule has 6 heteroatoms. The molecule has 2 aromatic carbocycles. The summed E-state index contributed by atoms with van der Waals surface area (Å²) >= 11 is 0. The Bertz CT molecular complexity index is 1120. The monoisotopic (exact) mass is 520 g/mol. The van der Waals surface area contributed by atoms with Crippen LogP contribution >= 0.6 is 0 Å². The van der Waals surface area contributed by atoms with Crippen molar-refractivity contribution in [3.05, 3.63) is 72.4 Å². The maximum atomic E-state index is 12.2. The molecule has 1 unspecified atom stereocenters. The highest BCUT2D eigenvalue weighted by atomic mass is 16.2. The second-order valence-electron chi connectivity index (χ2n) is 9.53. The molecular formula is C32H48N4O2. The van der Waals surface area contributed by atoms with Crippen molar-refractivity contribution in [3.63, 3.8) is 0 Å². The molecule has 6 N–H and O–H groups in total. The Balaban J connectivity index is 0.000000501. The fraction of sp³-hybridized carbons (Fsp3) is 0.438. The van der Waals surface area contributed by atoms with Gasteiger partial charge in [-0.3, -0.25) is 9.59 Å². The maximum Gasteiger partial charge on any atom is 0.220 e. The van der Waals surface area contributed by atoms with Crippen molar-refractivity contribution in [2.45, 2.75) is 84.6 Å². The number of nitrogens with one attached hydrogen (secondary N) is 2. The Morgan fingerprint density at radius 3 is 2.13 bits per heavy atom. The number of carbonyl (C=O) groups excluding carboxylic acids is 2. The average molecular weight is 521 g/mol. The average Bonchev–Trinajstić information content (AvgIpc) is 3.32. The number of aromatic amines is 1. The Labute approximate surface area is 229 Å². The van der Waals surface area contributed by atoms with E-state index in [1.54, 1.807) is 6.92 Å². The molecule has 1 atom stereocenters. The van der Waals surface area contributed by atoms with Gasteiger partial charge < -0.3 is 21.8 Å². The second kappa shape index (κ2) is 18.8. The van der Waals surface area contributed by atoms with Crippen molar-refractivity contribution in [1.82, 2.24) is 10.3 Å². The van der Waals surface area contributed by atoms with E-state index >= 15 is 0 Å². The molecule has 208 valence electrons. The summed E-state index contributed by atoms with van der Waals surface area (Å²) < 4.78 is 0. The maximum absolute atomic E-state index is 12.2. The van der Waals surface area contributed by atoms with Gasteiger partial charge in [0, 0.05) is 35.6 Å². The predicted octanol–water partition coefficient (Wildman–Crippen LogP) is 6.80. The summed E-state index contributed by atoms with van der Waals surface area (Å²) in [4.78, 5) is 27.4. The molecule has 0 saturated carbocycles. The molecule has 0 fully saturated rings. The second-order valence-corrected chi connectivity index (χ2v) is 9.53. The fourth-order valence-electron chi connectivity index (χ4n) is 4.21. The molecule has 1 heterocycles. The van der Waals surface area contributed by atoms with E-state index in [-0.39, 0.29) is 11.7 Å². The van der Waals surface area contributed by atoms with Crippen LogP contribution in [0.1, 0.15) is 83.3 Å². The highest BCUT2D eigenvalue weighted by Crippen LogP contribution is 2.20. The lowest BCUT2D eigenvalue weighted by atomic mass is 10.0. The zero-order valence-corrected chi connectivity index (χ0v) is 23.8. The first-order valence-corrected chi connectivity index (χ1v) is 13.8. The summed E-state index contributed by atoms with van der Waals surface area (Å²) in [6.07, 6.45) is 11.3. The van der Waals surface area contributed by atoms with Gasteiger partial charge in [-0.2, -0.15) is 0 Å². The first-order valence-electron chi connectivity index (χ1n) is 13.8. The standard InChI is InChI=1S/C22H32N2O2.C9H11N.CH5N/c1-3-4-5-6-7-8-9-14-22(26)24-21(17(2)25)15-18-16-23-20-13-11-10-12-19(18)20;1-7(2)8-5-3-4-6-9(8)10;1-2/h10-13,16,21,23H,3-9,14-15H2,1-2H3,(H,24,26);3-6H,1,10H2,2H3;2H2,1H3. The molecule has 3 rings (SSSR count). The van der Waals surface area contributed by atoms with Crippen LogP contribution in [0.4, 0.5) is 5.69 Å². The lowest BCUT2D eigenvalue weighted by Gasteiger charge is -2.15. The third kappa shape index (κ3) is 11.8. The Morgan fingerprint density at radius 1 is 0.921 bits per heavy atom. The minimum Gasteiger partial charge on any atom is -0.398 e. The highest BCUT2D eigenvalue weighted by molar-refractivity contribution is 5.89. The number of benzene rings is 2. The Morgan fingerprint density at radius 2 is 1.53 bits per heavy atom. The van der Waals surface area contributed by atoms with Gasteiger partial charge in [-0.05, 0) is 56.1 Å². The molecule has 0 saturated heterocycles. The number of allylic oxidation sites excluding steroid dienone is 1. The summed E-state index contributed by atoms with van der Waals surface area (Å²) in [6.45, 7) is 9.52. The first-order chi connectivity index (χ1) is 18.3. The van der Waals surface area contributed by atoms with E-state index in [2.05, 4.69) is 29.5 Å². The number of amides is 1. The normalized spacial score (nSPS) is 11.0. The van der Waals surface area contributed by atoms with Crippen molar-refractivity contribution < 1.29 is 9.59 Å². The van der Waals surface area contributed by atoms with Gasteiger partial charge in [-0.1, -0.05) is 88.4 Å². The van der Waals surface area contributed by atoms with Crippen molar-refractivity contribution >= 4 is 33.9 Å². The van der Waals surface area contributed by atoms with Gasteiger partial charge in [0.25, 0.3) is 0 Å². The van der Waals surface area contributed by atoms with Crippen LogP contribution in [-0.4, -0.2) is 29.8 Å². The minimum atomic E-state index is -0.453. The topological polar surface area (TPSA) is 114 Å². The highest BCUT2D eigenvalue weighted by Gasteiger charge is 2.19. The van der Waals surface area contributed by atoms with Crippen LogP contribution in [0.5, 0.6) is 0 Å². The molecule has 3 aromatic rings. The van der Waals surface area contributed by atoms with E-state index < -0.39 is 6.04 Å². The molecule has 0 aliphatic carbocycles. The van der Waals surface area contributed by atoms with Crippen LogP contribution in [0.3, 0.4) is 0 Å². The SMILES string of the molecule is C=C(C)c1ccccc1N.CCCCCCCCCC(=O)NC(Cc1c[nH]c2ccccc12)C(C)=O.CN. The largest absolute Gasteiger partial charge is 0.398 e. The van der Waals surface area contributed by atoms with E-state index in [0.29, 0.717) is 12.8 Å². The number of hydrogen-bond acceptors (Lipinski definition) is 4. The first kappa shape index (κ1) is 32.6. The summed E-state index contributed by atoms with van der Waals surface area (Å²) in [6, 6.07) is 15.3. The molecule has 1 aromatic heterocycles. The number of nitrogen functional groups attached to an aromatic ring is 1. The number of para-hydroxylation sites is 2. The van der Waals surface area contributed by atoms with E-state index in [4.69, 9.17) is 5.73 Å². The molecule has 0 spiro atoms. The van der Waals surface area contributed by atoms with Crippen LogP contribution in [0, 0.1) is 0 Å².